The average Bonchev–Trinajstić information content (AvgIpc) is 2.92. The van der Waals surface area contributed by atoms with Crippen LogP contribution in [-0.4, -0.2) is 28.9 Å². The third-order valence-corrected chi connectivity index (χ3v) is 3.41. The summed E-state index contributed by atoms with van der Waals surface area (Å²) in [6, 6.07) is 1.40. The highest BCUT2D eigenvalue weighted by Crippen LogP contribution is 2.51. The molecule has 0 bridgehead atoms. The Hall–Kier alpha value is -1.36. The normalized spacial score (nSPS) is 19.1. The van der Waals surface area contributed by atoms with Gasteiger partial charge < -0.3 is 10.5 Å². The van der Waals surface area contributed by atoms with Crippen molar-refractivity contribution in [1.82, 2.24) is 9.78 Å². The summed E-state index contributed by atoms with van der Waals surface area (Å²) in [6.45, 7) is 0.803. The summed E-state index contributed by atoms with van der Waals surface area (Å²) in [4.78, 5) is 11.4. The molecule has 1 aliphatic carbocycles. The fourth-order valence-electron chi connectivity index (χ4n) is 2.02. The summed E-state index contributed by atoms with van der Waals surface area (Å²) < 4.78 is 6.55. The predicted molar refractivity (Wildman–Crippen MR) is 58.5 cm³/mol. The smallest absolute Gasteiger partial charge is 0.323 e. The number of nitrogens with two attached hydrogens (primary N) is 1. The van der Waals surface area contributed by atoms with E-state index in [1.54, 1.807) is 6.20 Å². The number of ether oxygens (including phenoxy) is 1. The summed E-state index contributed by atoms with van der Waals surface area (Å²) in [5, 5.41) is 4.13. The van der Waals surface area contributed by atoms with Crippen LogP contribution in [-0.2, 0) is 16.1 Å². The van der Waals surface area contributed by atoms with E-state index in [0.29, 0.717) is 0 Å². The van der Waals surface area contributed by atoms with Crippen LogP contribution < -0.4 is 5.73 Å². The third kappa shape index (κ3) is 2.09. The van der Waals surface area contributed by atoms with Crippen LogP contribution in [0.4, 0.5) is 0 Å². The summed E-state index contributed by atoms with van der Waals surface area (Å²) >= 11 is 0. The zero-order valence-electron chi connectivity index (χ0n) is 9.43. The van der Waals surface area contributed by atoms with Gasteiger partial charge in [0.25, 0.3) is 0 Å². The minimum atomic E-state index is -0.493. The first-order valence-corrected chi connectivity index (χ1v) is 5.49. The molecule has 0 radical (unpaired) electrons. The second-order valence-electron chi connectivity index (χ2n) is 4.38. The van der Waals surface area contributed by atoms with Crippen LogP contribution in [0.15, 0.2) is 18.5 Å². The van der Waals surface area contributed by atoms with Gasteiger partial charge in [-0.15, -0.1) is 0 Å². The van der Waals surface area contributed by atoms with Crippen LogP contribution in [0.25, 0.3) is 0 Å². The standard InChI is InChI=1S/C11H17N3O2/c1-16-10(15)9(12)11(3-4-11)5-8-14-7-2-6-13-14/h2,6-7,9H,3-5,8,12H2,1H3. The Balaban J connectivity index is 1.91. The lowest BCUT2D eigenvalue weighted by Crippen LogP contribution is -2.40. The number of esters is 1. The second-order valence-corrected chi connectivity index (χ2v) is 4.38. The van der Waals surface area contributed by atoms with E-state index in [9.17, 15) is 4.79 Å². The molecular formula is C11H17N3O2. The number of carbonyl (C=O) groups is 1. The molecule has 1 atom stereocenters. The number of aromatic nitrogens is 2. The minimum Gasteiger partial charge on any atom is -0.468 e. The number of methoxy groups -OCH3 is 1. The maximum Gasteiger partial charge on any atom is 0.323 e. The molecule has 1 fully saturated rings. The quantitative estimate of drug-likeness (QED) is 0.740. The molecule has 5 nitrogen and oxygen atoms in total. The molecule has 1 aromatic rings. The highest BCUT2D eigenvalue weighted by molar-refractivity contribution is 5.77. The molecular weight excluding hydrogens is 206 g/mol. The first kappa shape index (κ1) is 11.1. The van der Waals surface area contributed by atoms with Gasteiger partial charge in [0.2, 0.25) is 0 Å². The van der Waals surface area contributed by atoms with E-state index >= 15 is 0 Å². The molecule has 88 valence electrons. The van der Waals surface area contributed by atoms with Crippen LogP contribution in [0.3, 0.4) is 0 Å². The maximum absolute atomic E-state index is 11.4. The molecule has 1 heterocycles. The van der Waals surface area contributed by atoms with Crippen molar-refractivity contribution in [2.24, 2.45) is 11.1 Å². The lowest BCUT2D eigenvalue weighted by Gasteiger charge is -2.20. The monoisotopic (exact) mass is 223 g/mol. The van der Waals surface area contributed by atoms with E-state index < -0.39 is 6.04 Å². The summed E-state index contributed by atoms with van der Waals surface area (Å²) in [7, 11) is 1.38. The number of rotatable bonds is 5. The number of aryl methyl sites for hydroxylation is 1. The van der Waals surface area contributed by atoms with Crippen LogP contribution in [0.5, 0.6) is 0 Å². The van der Waals surface area contributed by atoms with Gasteiger partial charge in [0.1, 0.15) is 6.04 Å². The van der Waals surface area contributed by atoms with Crippen molar-refractivity contribution >= 4 is 5.97 Å². The summed E-state index contributed by atoms with van der Waals surface area (Å²) in [5.74, 6) is -0.307. The molecule has 2 N–H and O–H groups in total. The average molecular weight is 223 g/mol. The van der Waals surface area contributed by atoms with Crippen LogP contribution in [0.1, 0.15) is 19.3 Å². The largest absolute Gasteiger partial charge is 0.468 e. The highest BCUT2D eigenvalue weighted by Gasteiger charge is 2.50. The van der Waals surface area contributed by atoms with Crippen molar-refractivity contribution in [3.63, 3.8) is 0 Å². The molecule has 0 aliphatic heterocycles. The van der Waals surface area contributed by atoms with Gasteiger partial charge >= 0.3 is 5.97 Å². The van der Waals surface area contributed by atoms with Crippen LogP contribution >= 0.6 is 0 Å². The molecule has 1 aromatic heterocycles. The van der Waals surface area contributed by atoms with Crippen molar-refractivity contribution in [2.45, 2.75) is 31.8 Å². The maximum atomic E-state index is 11.4. The molecule has 5 heteroatoms. The first-order valence-electron chi connectivity index (χ1n) is 5.49. The van der Waals surface area contributed by atoms with Crippen molar-refractivity contribution in [2.75, 3.05) is 7.11 Å². The van der Waals surface area contributed by atoms with Crippen molar-refractivity contribution in [3.05, 3.63) is 18.5 Å². The van der Waals surface area contributed by atoms with Gasteiger partial charge in [0, 0.05) is 18.9 Å². The van der Waals surface area contributed by atoms with Gasteiger partial charge in [0.15, 0.2) is 0 Å². The Bertz CT molecular complexity index is 357. The van der Waals surface area contributed by atoms with Gasteiger partial charge in [0.05, 0.1) is 7.11 Å². The minimum absolute atomic E-state index is 0.0565. The number of nitrogens with zero attached hydrogens (tertiary/aromatic N) is 2. The predicted octanol–water partition coefficient (Wildman–Crippen LogP) is 0.554. The van der Waals surface area contributed by atoms with E-state index in [0.717, 1.165) is 25.8 Å². The van der Waals surface area contributed by atoms with Crippen LogP contribution in [0, 0.1) is 5.41 Å². The Labute approximate surface area is 94.6 Å². The van der Waals surface area contributed by atoms with Crippen molar-refractivity contribution in [1.29, 1.82) is 0 Å². The van der Waals surface area contributed by atoms with Crippen molar-refractivity contribution in [3.8, 4) is 0 Å². The molecule has 0 saturated heterocycles. The molecule has 2 rings (SSSR count). The molecule has 0 amide bonds. The van der Waals surface area contributed by atoms with Crippen LogP contribution in [0.2, 0.25) is 0 Å². The fourth-order valence-corrected chi connectivity index (χ4v) is 2.02. The SMILES string of the molecule is COC(=O)C(N)C1(CCn2cccn2)CC1. The van der Waals surface area contributed by atoms with Gasteiger partial charge in [-0.25, -0.2) is 0 Å². The molecule has 16 heavy (non-hydrogen) atoms. The molecule has 1 saturated carbocycles. The lowest BCUT2D eigenvalue weighted by molar-refractivity contribution is -0.144. The van der Waals surface area contributed by atoms with Crippen molar-refractivity contribution < 1.29 is 9.53 Å². The topological polar surface area (TPSA) is 70.1 Å². The highest BCUT2D eigenvalue weighted by atomic mass is 16.5. The molecule has 0 spiro atoms. The van der Waals surface area contributed by atoms with Gasteiger partial charge in [-0.1, -0.05) is 0 Å². The fraction of sp³-hybridized carbons (Fsp3) is 0.636. The Morgan fingerprint density at radius 2 is 2.44 bits per heavy atom. The summed E-state index contributed by atoms with van der Waals surface area (Å²) in [5.41, 5.74) is 5.85. The lowest BCUT2D eigenvalue weighted by atomic mass is 9.93. The Morgan fingerprint density at radius 1 is 1.69 bits per heavy atom. The van der Waals surface area contributed by atoms with E-state index in [1.807, 2.05) is 16.9 Å². The van der Waals surface area contributed by atoms with E-state index in [2.05, 4.69) is 9.84 Å². The third-order valence-electron chi connectivity index (χ3n) is 3.41. The number of carbonyl (C=O) groups excluding carboxylic acids is 1. The Morgan fingerprint density at radius 3 is 2.94 bits per heavy atom. The second kappa shape index (κ2) is 4.25. The van der Waals surface area contributed by atoms with E-state index in [-0.39, 0.29) is 11.4 Å². The van der Waals surface area contributed by atoms with E-state index in [1.165, 1.54) is 7.11 Å². The van der Waals surface area contributed by atoms with Gasteiger partial charge in [-0.05, 0) is 30.7 Å². The molecule has 0 aromatic carbocycles. The molecule has 1 unspecified atom stereocenters. The van der Waals surface area contributed by atoms with E-state index in [4.69, 9.17) is 5.73 Å². The first-order chi connectivity index (χ1) is 7.68. The number of hydrogen-bond acceptors (Lipinski definition) is 4. The Kier molecular flexibility index (Phi) is 2.96. The zero-order valence-corrected chi connectivity index (χ0v) is 9.43. The van der Waals surface area contributed by atoms with Gasteiger partial charge in [-0.3, -0.25) is 9.48 Å². The number of hydrogen-bond donors (Lipinski definition) is 1. The summed E-state index contributed by atoms with van der Waals surface area (Å²) in [6.07, 6.45) is 6.56. The molecule has 1 aliphatic rings. The zero-order chi connectivity index (χ0) is 11.6. The van der Waals surface area contributed by atoms with Gasteiger partial charge in [-0.2, -0.15) is 5.10 Å².